The van der Waals surface area contributed by atoms with Crippen molar-refractivity contribution in [2.24, 2.45) is 21.6 Å². The number of amidine groups is 1. The van der Waals surface area contributed by atoms with Crippen LogP contribution in [0.25, 0.3) is 21.9 Å². The highest BCUT2D eigenvalue weighted by atomic mass is 32.1. The van der Waals surface area contributed by atoms with Gasteiger partial charge in [0.15, 0.2) is 4.96 Å². The number of aliphatic imine (C=N–C) groups is 2. The van der Waals surface area contributed by atoms with Crippen LogP contribution in [0.15, 0.2) is 51.9 Å². The minimum atomic E-state index is -0.316. The van der Waals surface area contributed by atoms with Gasteiger partial charge >= 0.3 is 0 Å². The first-order chi connectivity index (χ1) is 17.1. The molecule has 7 nitrogen and oxygen atoms in total. The van der Waals surface area contributed by atoms with Crippen LogP contribution in [0.3, 0.4) is 0 Å². The van der Waals surface area contributed by atoms with Gasteiger partial charge in [0, 0.05) is 35.3 Å². The van der Waals surface area contributed by atoms with E-state index in [2.05, 4.69) is 27.0 Å². The molecule has 0 saturated carbocycles. The molecule has 1 saturated heterocycles. The second kappa shape index (κ2) is 12.7. The van der Waals surface area contributed by atoms with Gasteiger partial charge in [-0.3, -0.25) is 14.2 Å². The number of hydrogen-bond acceptors (Lipinski definition) is 5. The molecule has 1 fully saturated rings. The number of piperidine rings is 1. The van der Waals surface area contributed by atoms with Gasteiger partial charge in [0.1, 0.15) is 5.84 Å². The zero-order valence-corrected chi connectivity index (χ0v) is 21.6. The molecule has 2 aliphatic rings. The SMILES string of the molecule is C.CC.CC(=O)N=C(N)c1cccc(-c2nc3sccn3c2C2=CCCC(C[C@@H]3CCCNC3)=N2)c1. The summed E-state index contributed by atoms with van der Waals surface area (Å²) < 4.78 is 2.13. The fourth-order valence-electron chi connectivity index (χ4n) is 4.67. The van der Waals surface area contributed by atoms with E-state index in [0.29, 0.717) is 11.5 Å². The Labute approximate surface area is 218 Å². The molecule has 2 aliphatic heterocycles. The van der Waals surface area contributed by atoms with Crippen molar-refractivity contribution in [3.63, 3.8) is 0 Å². The lowest BCUT2D eigenvalue weighted by Gasteiger charge is -2.24. The number of amides is 1. The monoisotopic (exact) mass is 506 g/mol. The molecule has 3 N–H and O–H groups in total. The molecule has 2 aromatic heterocycles. The molecule has 0 bridgehead atoms. The molecule has 1 aromatic carbocycles. The molecule has 192 valence electrons. The Kier molecular flexibility index (Phi) is 9.73. The zero-order valence-electron chi connectivity index (χ0n) is 20.8. The van der Waals surface area contributed by atoms with Crippen molar-refractivity contribution in [3.05, 3.63) is 53.2 Å². The molecule has 0 spiro atoms. The van der Waals surface area contributed by atoms with E-state index < -0.39 is 0 Å². The minimum Gasteiger partial charge on any atom is -0.383 e. The van der Waals surface area contributed by atoms with E-state index in [0.717, 1.165) is 60.0 Å². The van der Waals surface area contributed by atoms with Crippen LogP contribution in [0.4, 0.5) is 0 Å². The Morgan fingerprint density at radius 3 is 2.92 bits per heavy atom. The third kappa shape index (κ3) is 6.17. The van der Waals surface area contributed by atoms with Crippen molar-refractivity contribution in [2.45, 2.75) is 60.3 Å². The summed E-state index contributed by atoms with van der Waals surface area (Å²) in [5, 5.41) is 5.56. The van der Waals surface area contributed by atoms with Gasteiger partial charge in [0.05, 0.1) is 17.1 Å². The molecule has 1 amide bonds. The number of imidazole rings is 1. The molecule has 4 heterocycles. The molecular weight excluding hydrogens is 468 g/mol. The number of rotatable bonds is 5. The van der Waals surface area contributed by atoms with Gasteiger partial charge in [-0.2, -0.15) is 4.99 Å². The summed E-state index contributed by atoms with van der Waals surface area (Å²) in [5.74, 6) is 0.567. The lowest BCUT2D eigenvalue weighted by molar-refractivity contribution is -0.115. The van der Waals surface area contributed by atoms with Gasteiger partial charge in [0.2, 0.25) is 5.91 Å². The number of nitrogens with two attached hydrogens (primary N) is 1. The number of fused-ring (bicyclic) bond motifs is 1. The number of carbonyl (C=O) groups is 1. The highest BCUT2D eigenvalue weighted by molar-refractivity contribution is 7.15. The normalized spacial score (nSPS) is 18.0. The van der Waals surface area contributed by atoms with Crippen molar-refractivity contribution >= 4 is 39.4 Å². The average molecular weight is 507 g/mol. The van der Waals surface area contributed by atoms with Crippen LogP contribution in [-0.2, 0) is 4.79 Å². The second-order valence-electron chi connectivity index (χ2n) is 8.68. The number of benzene rings is 1. The van der Waals surface area contributed by atoms with E-state index in [9.17, 15) is 4.79 Å². The predicted octanol–water partition coefficient (Wildman–Crippen LogP) is 5.94. The molecule has 36 heavy (non-hydrogen) atoms. The molecule has 8 heteroatoms. The molecular formula is C28H38N6OS. The average Bonchev–Trinajstić information content (AvgIpc) is 3.47. The maximum Gasteiger partial charge on any atom is 0.244 e. The molecule has 3 aromatic rings. The topological polar surface area (TPSA) is 97.1 Å². The number of nitrogens with zero attached hydrogens (tertiary/aromatic N) is 4. The fraction of sp³-hybridized carbons (Fsp3) is 0.429. The summed E-state index contributed by atoms with van der Waals surface area (Å²) in [6, 6.07) is 7.74. The van der Waals surface area contributed by atoms with E-state index in [4.69, 9.17) is 15.7 Å². The number of aromatic nitrogens is 2. The maximum absolute atomic E-state index is 11.4. The summed E-state index contributed by atoms with van der Waals surface area (Å²) in [6.07, 6.45) is 9.86. The highest BCUT2D eigenvalue weighted by Crippen LogP contribution is 2.35. The molecule has 0 aliphatic carbocycles. The zero-order chi connectivity index (χ0) is 24.8. The van der Waals surface area contributed by atoms with Gasteiger partial charge < -0.3 is 11.1 Å². The third-order valence-electron chi connectivity index (χ3n) is 6.19. The van der Waals surface area contributed by atoms with Crippen LogP contribution in [0.1, 0.15) is 71.6 Å². The summed E-state index contributed by atoms with van der Waals surface area (Å²) in [6.45, 7) is 7.61. The largest absolute Gasteiger partial charge is 0.383 e. The van der Waals surface area contributed by atoms with E-state index in [1.165, 1.54) is 25.5 Å². The van der Waals surface area contributed by atoms with Crippen molar-refractivity contribution in [1.29, 1.82) is 0 Å². The lowest BCUT2D eigenvalue weighted by atomic mass is 9.91. The minimum absolute atomic E-state index is 0. The van der Waals surface area contributed by atoms with E-state index in [-0.39, 0.29) is 19.2 Å². The molecule has 0 unspecified atom stereocenters. The number of carbonyl (C=O) groups excluding carboxylic acids is 1. The Morgan fingerprint density at radius 1 is 1.33 bits per heavy atom. The standard InChI is InChI=1S/C25H28N6OS.C2H6.CH4/c1-16(32)28-24(26)19-7-2-6-18(14-19)22-23(31-11-12-33-25(31)30-22)21-9-3-8-20(29-21)13-17-5-4-10-27-15-17;1-2;/h2,6-7,9,11-12,14,17,27H,3-5,8,10,13,15H2,1H3,(H2,26,28,32);1-2H3;1H4/t17-;;/m0../s1. The van der Waals surface area contributed by atoms with E-state index >= 15 is 0 Å². The van der Waals surface area contributed by atoms with Crippen LogP contribution >= 0.6 is 11.3 Å². The van der Waals surface area contributed by atoms with E-state index in [1.807, 2.05) is 43.5 Å². The van der Waals surface area contributed by atoms with Crippen LogP contribution in [-0.4, -0.2) is 39.9 Å². The fourth-order valence-corrected chi connectivity index (χ4v) is 5.38. The van der Waals surface area contributed by atoms with Gasteiger partial charge in [-0.1, -0.05) is 45.5 Å². The Balaban J connectivity index is 0.00000117. The van der Waals surface area contributed by atoms with Gasteiger partial charge in [-0.15, -0.1) is 11.3 Å². The van der Waals surface area contributed by atoms with Crippen molar-refractivity contribution in [1.82, 2.24) is 14.7 Å². The first-order valence-electron chi connectivity index (χ1n) is 12.5. The van der Waals surface area contributed by atoms with Crippen LogP contribution < -0.4 is 11.1 Å². The van der Waals surface area contributed by atoms with Crippen LogP contribution in [0.5, 0.6) is 0 Å². The predicted molar refractivity (Wildman–Crippen MR) is 153 cm³/mol. The smallest absolute Gasteiger partial charge is 0.244 e. The third-order valence-corrected chi connectivity index (χ3v) is 6.94. The highest BCUT2D eigenvalue weighted by Gasteiger charge is 2.22. The Bertz CT molecular complexity index is 1280. The Hall–Kier alpha value is -3.10. The number of thiazole rings is 1. The lowest BCUT2D eigenvalue weighted by Crippen LogP contribution is -2.31. The molecule has 5 rings (SSSR count). The van der Waals surface area contributed by atoms with Crippen molar-refractivity contribution < 1.29 is 4.79 Å². The van der Waals surface area contributed by atoms with Crippen molar-refractivity contribution in [3.8, 4) is 11.3 Å². The van der Waals surface area contributed by atoms with Gasteiger partial charge in [0.25, 0.3) is 0 Å². The summed E-state index contributed by atoms with van der Waals surface area (Å²) in [7, 11) is 0. The summed E-state index contributed by atoms with van der Waals surface area (Å²) in [5.41, 5.74) is 11.8. The van der Waals surface area contributed by atoms with Gasteiger partial charge in [-0.25, -0.2) is 4.98 Å². The molecule has 0 radical (unpaired) electrons. The maximum atomic E-state index is 11.4. The number of nitrogens with one attached hydrogen (secondary N) is 1. The summed E-state index contributed by atoms with van der Waals surface area (Å²) >= 11 is 1.60. The quantitative estimate of drug-likeness (QED) is 0.330. The summed E-state index contributed by atoms with van der Waals surface area (Å²) in [4.78, 5) is 26.3. The van der Waals surface area contributed by atoms with Crippen LogP contribution in [0.2, 0.25) is 0 Å². The second-order valence-corrected chi connectivity index (χ2v) is 9.56. The van der Waals surface area contributed by atoms with Gasteiger partial charge in [-0.05, 0) is 57.2 Å². The van der Waals surface area contributed by atoms with Crippen LogP contribution in [0, 0.1) is 5.92 Å². The van der Waals surface area contributed by atoms with E-state index in [1.54, 1.807) is 11.3 Å². The number of hydrogen-bond donors (Lipinski definition) is 2. The first-order valence-corrected chi connectivity index (χ1v) is 13.3. The number of allylic oxidation sites excluding steroid dienone is 1. The first kappa shape index (κ1) is 27.5. The van der Waals surface area contributed by atoms with Crippen molar-refractivity contribution in [2.75, 3.05) is 13.1 Å². The Morgan fingerprint density at radius 2 is 2.17 bits per heavy atom. The molecule has 1 atom stereocenters.